The monoisotopic (exact) mass is 169 g/mol. The van der Waals surface area contributed by atoms with E-state index in [0.717, 1.165) is 19.4 Å². The second-order valence-electron chi connectivity index (χ2n) is 3.39. The molecule has 1 fully saturated rings. The van der Waals surface area contributed by atoms with Gasteiger partial charge in [-0.1, -0.05) is 13.0 Å². The molecule has 1 unspecified atom stereocenters. The van der Waals surface area contributed by atoms with Crippen molar-refractivity contribution in [1.29, 1.82) is 0 Å². The average Bonchev–Trinajstić information content (AvgIpc) is 2.02. The van der Waals surface area contributed by atoms with Crippen molar-refractivity contribution in [1.82, 2.24) is 5.32 Å². The first-order valence-corrected chi connectivity index (χ1v) is 4.70. The summed E-state index contributed by atoms with van der Waals surface area (Å²) in [6, 6.07) is 0.321. The molecule has 1 aliphatic rings. The van der Waals surface area contributed by atoms with E-state index in [1.165, 1.54) is 6.42 Å². The Morgan fingerprint density at radius 3 is 2.58 bits per heavy atom. The highest BCUT2D eigenvalue weighted by Crippen LogP contribution is 2.38. The van der Waals surface area contributed by atoms with Crippen molar-refractivity contribution < 1.29 is 4.74 Å². The van der Waals surface area contributed by atoms with Gasteiger partial charge in [-0.3, -0.25) is 0 Å². The molecular weight excluding hydrogens is 150 g/mol. The standard InChI is InChI=1S/C10H19NO/c1-4-9(11-5-2)10(12-3)7-6-8-10/h4,9,11H,1,5-8H2,2-3H3. The lowest BCUT2D eigenvalue weighted by molar-refractivity contribution is -0.0870. The molecule has 1 saturated carbocycles. The molecule has 0 saturated heterocycles. The van der Waals surface area contributed by atoms with Gasteiger partial charge in [0.05, 0.1) is 11.6 Å². The van der Waals surface area contributed by atoms with E-state index in [2.05, 4.69) is 18.8 Å². The summed E-state index contributed by atoms with van der Waals surface area (Å²) in [6.07, 6.45) is 5.57. The van der Waals surface area contributed by atoms with Gasteiger partial charge < -0.3 is 10.1 Å². The van der Waals surface area contributed by atoms with E-state index in [9.17, 15) is 0 Å². The van der Waals surface area contributed by atoms with Crippen LogP contribution in [0.25, 0.3) is 0 Å². The van der Waals surface area contributed by atoms with E-state index >= 15 is 0 Å². The maximum Gasteiger partial charge on any atom is 0.0866 e. The largest absolute Gasteiger partial charge is 0.376 e. The molecule has 0 aromatic heterocycles. The number of likely N-dealkylation sites (N-methyl/N-ethyl adjacent to an activating group) is 1. The lowest BCUT2D eigenvalue weighted by Gasteiger charge is -2.45. The third-order valence-corrected chi connectivity index (χ3v) is 2.83. The zero-order valence-corrected chi connectivity index (χ0v) is 8.10. The Bertz CT molecular complexity index is 146. The minimum atomic E-state index is 0.0533. The van der Waals surface area contributed by atoms with E-state index in [-0.39, 0.29) is 5.60 Å². The van der Waals surface area contributed by atoms with Crippen LogP contribution in [0.5, 0.6) is 0 Å². The van der Waals surface area contributed by atoms with Crippen molar-refractivity contribution in [2.24, 2.45) is 0 Å². The van der Waals surface area contributed by atoms with Crippen molar-refractivity contribution in [3.05, 3.63) is 12.7 Å². The summed E-state index contributed by atoms with van der Waals surface area (Å²) < 4.78 is 5.55. The maximum atomic E-state index is 5.55. The topological polar surface area (TPSA) is 21.3 Å². The first kappa shape index (κ1) is 9.75. The van der Waals surface area contributed by atoms with E-state index in [4.69, 9.17) is 4.74 Å². The SMILES string of the molecule is C=CC(NCC)C1(OC)CCC1. The van der Waals surface area contributed by atoms with Crippen molar-refractivity contribution in [3.8, 4) is 0 Å². The number of rotatable bonds is 5. The molecule has 1 N–H and O–H groups in total. The second kappa shape index (κ2) is 4.06. The van der Waals surface area contributed by atoms with Crippen LogP contribution >= 0.6 is 0 Å². The molecule has 0 bridgehead atoms. The minimum Gasteiger partial charge on any atom is -0.376 e. The highest BCUT2D eigenvalue weighted by atomic mass is 16.5. The molecule has 2 nitrogen and oxygen atoms in total. The Morgan fingerprint density at radius 2 is 2.33 bits per heavy atom. The van der Waals surface area contributed by atoms with Gasteiger partial charge in [-0.25, -0.2) is 0 Å². The van der Waals surface area contributed by atoms with Crippen molar-refractivity contribution in [3.63, 3.8) is 0 Å². The van der Waals surface area contributed by atoms with Crippen LogP contribution in [0.2, 0.25) is 0 Å². The van der Waals surface area contributed by atoms with Crippen molar-refractivity contribution in [2.45, 2.75) is 37.8 Å². The van der Waals surface area contributed by atoms with Crippen LogP contribution in [0.1, 0.15) is 26.2 Å². The number of nitrogens with one attached hydrogen (secondary N) is 1. The number of ether oxygens (including phenoxy) is 1. The third-order valence-electron chi connectivity index (χ3n) is 2.83. The fourth-order valence-corrected chi connectivity index (χ4v) is 1.87. The number of hydrogen-bond donors (Lipinski definition) is 1. The normalized spacial score (nSPS) is 22.8. The lowest BCUT2D eigenvalue weighted by atomic mass is 9.74. The lowest BCUT2D eigenvalue weighted by Crippen LogP contribution is -2.55. The van der Waals surface area contributed by atoms with Gasteiger partial charge in [0.2, 0.25) is 0 Å². The molecule has 1 aliphatic carbocycles. The summed E-state index contributed by atoms with van der Waals surface area (Å²) in [5, 5.41) is 3.38. The highest BCUT2D eigenvalue weighted by molar-refractivity contribution is 5.07. The summed E-state index contributed by atoms with van der Waals surface area (Å²) in [4.78, 5) is 0. The first-order valence-electron chi connectivity index (χ1n) is 4.70. The van der Waals surface area contributed by atoms with Crippen molar-refractivity contribution in [2.75, 3.05) is 13.7 Å². The smallest absolute Gasteiger partial charge is 0.0866 e. The second-order valence-corrected chi connectivity index (χ2v) is 3.39. The molecular formula is C10H19NO. The van der Waals surface area contributed by atoms with Gasteiger partial charge in [0.1, 0.15) is 0 Å². The van der Waals surface area contributed by atoms with Gasteiger partial charge in [-0.05, 0) is 25.8 Å². The molecule has 0 heterocycles. The van der Waals surface area contributed by atoms with Gasteiger partial charge in [0, 0.05) is 7.11 Å². The fourth-order valence-electron chi connectivity index (χ4n) is 1.87. The van der Waals surface area contributed by atoms with E-state index < -0.39 is 0 Å². The van der Waals surface area contributed by atoms with E-state index in [0.29, 0.717) is 6.04 Å². The van der Waals surface area contributed by atoms with Gasteiger partial charge in [0.25, 0.3) is 0 Å². The Kier molecular flexibility index (Phi) is 3.29. The van der Waals surface area contributed by atoms with Crippen molar-refractivity contribution >= 4 is 0 Å². The summed E-state index contributed by atoms with van der Waals surface area (Å²) in [6.45, 7) is 6.92. The number of hydrogen-bond acceptors (Lipinski definition) is 2. The Hall–Kier alpha value is -0.340. The van der Waals surface area contributed by atoms with Crippen LogP contribution in [0.15, 0.2) is 12.7 Å². The predicted molar refractivity (Wildman–Crippen MR) is 51.3 cm³/mol. The molecule has 2 heteroatoms. The Morgan fingerprint density at radius 1 is 1.67 bits per heavy atom. The zero-order valence-electron chi connectivity index (χ0n) is 8.10. The Labute approximate surface area is 75.0 Å². The molecule has 70 valence electrons. The molecule has 0 amide bonds. The van der Waals surface area contributed by atoms with E-state index in [1.807, 2.05) is 6.08 Å². The fraction of sp³-hybridized carbons (Fsp3) is 0.800. The van der Waals surface area contributed by atoms with Gasteiger partial charge >= 0.3 is 0 Å². The molecule has 0 aromatic rings. The minimum absolute atomic E-state index is 0.0533. The molecule has 0 aliphatic heterocycles. The summed E-state index contributed by atoms with van der Waals surface area (Å²) >= 11 is 0. The highest BCUT2D eigenvalue weighted by Gasteiger charge is 2.42. The number of methoxy groups -OCH3 is 1. The van der Waals surface area contributed by atoms with Gasteiger partial charge in [0.15, 0.2) is 0 Å². The predicted octanol–water partition coefficient (Wildman–Crippen LogP) is 1.72. The quantitative estimate of drug-likeness (QED) is 0.633. The van der Waals surface area contributed by atoms with E-state index in [1.54, 1.807) is 7.11 Å². The van der Waals surface area contributed by atoms with Crippen LogP contribution in [0, 0.1) is 0 Å². The average molecular weight is 169 g/mol. The van der Waals surface area contributed by atoms with Crippen LogP contribution in [-0.4, -0.2) is 25.3 Å². The first-order chi connectivity index (χ1) is 5.79. The van der Waals surface area contributed by atoms with Gasteiger partial charge in [-0.15, -0.1) is 6.58 Å². The van der Waals surface area contributed by atoms with Crippen LogP contribution < -0.4 is 5.32 Å². The molecule has 0 radical (unpaired) electrons. The molecule has 0 aromatic carbocycles. The molecule has 12 heavy (non-hydrogen) atoms. The maximum absolute atomic E-state index is 5.55. The summed E-state index contributed by atoms with van der Waals surface area (Å²) in [7, 11) is 1.80. The zero-order chi connectivity index (χ0) is 9.03. The summed E-state index contributed by atoms with van der Waals surface area (Å²) in [5.41, 5.74) is 0.0533. The third kappa shape index (κ3) is 1.54. The molecule has 1 atom stereocenters. The Balaban J connectivity index is 2.54. The van der Waals surface area contributed by atoms with Gasteiger partial charge in [-0.2, -0.15) is 0 Å². The molecule has 0 spiro atoms. The summed E-state index contributed by atoms with van der Waals surface area (Å²) in [5.74, 6) is 0. The van der Waals surface area contributed by atoms with Crippen LogP contribution in [0.3, 0.4) is 0 Å². The van der Waals surface area contributed by atoms with Crippen LogP contribution in [0.4, 0.5) is 0 Å². The molecule has 1 rings (SSSR count). The van der Waals surface area contributed by atoms with Crippen LogP contribution in [-0.2, 0) is 4.74 Å².